The van der Waals surface area contributed by atoms with E-state index in [9.17, 15) is 4.79 Å². The maximum absolute atomic E-state index is 12.1. The summed E-state index contributed by atoms with van der Waals surface area (Å²) in [6.45, 7) is 2.57. The third-order valence-electron chi connectivity index (χ3n) is 3.82. The number of aromatic nitrogens is 3. The lowest BCUT2D eigenvalue weighted by atomic mass is 10.2. The molecule has 7 heteroatoms. The molecule has 23 heavy (non-hydrogen) atoms. The largest absolute Gasteiger partial charge is 0.481 e. The van der Waals surface area contributed by atoms with Crippen molar-refractivity contribution < 1.29 is 9.53 Å². The first-order valence-corrected chi connectivity index (χ1v) is 7.53. The molecule has 0 bridgehead atoms. The van der Waals surface area contributed by atoms with Crippen molar-refractivity contribution in [2.75, 3.05) is 20.2 Å². The highest BCUT2D eigenvalue weighted by molar-refractivity contribution is 5.92. The van der Waals surface area contributed by atoms with Gasteiger partial charge in [0.25, 0.3) is 5.91 Å². The van der Waals surface area contributed by atoms with E-state index in [1.807, 2.05) is 18.3 Å². The predicted octanol–water partition coefficient (Wildman–Crippen LogP) is 0.884. The maximum atomic E-state index is 12.1. The lowest BCUT2D eigenvalue weighted by Crippen LogP contribution is -2.37. The number of hydrogen-bond donors (Lipinski definition) is 1. The fraction of sp³-hybridized carbons (Fsp3) is 0.375. The summed E-state index contributed by atoms with van der Waals surface area (Å²) in [5, 5.41) is 3.01. The lowest BCUT2D eigenvalue weighted by Gasteiger charge is -2.16. The van der Waals surface area contributed by atoms with Crippen LogP contribution in [0.3, 0.4) is 0 Å². The summed E-state index contributed by atoms with van der Waals surface area (Å²) in [7, 11) is 1.60. The minimum atomic E-state index is -0.170. The molecule has 1 fully saturated rings. The zero-order chi connectivity index (χ0) is 16.1. The van der Waals surface area contributed by atoms with Gasteiger partial charge in [0.2, 0.25) is 5.88 Å². The van der Waals surface area contributed by atoms with E-state index in [0.717, 1.165) is 31.6 Å². The summed E-state index contributed by atoms with van der Waals surface area (Å²) in [4.78, 5) is 26.5. The van der Waals surface area contributed by atoms with Gasteiger partial charge in [0.1, 0.15) is 5.69 Å². The van der Waals surface area contributed by atoms with Gasteiger partial charge in [0, 0.05) is 50.3 Å². The van der Waals surface area contributed by atoms with Gasteiger partial charge in [-0.15, -0.1) is 0 Å². The molecule has 0 radical (unpaired) electrons. The molecule has 1 saturated heterocycles. The number of amides is 1. The van der Waals surface area contributed by atoms with Crippen LogP contribution >= 0.6 is 0 Å². The molecule has 0 aromatic carbocycles. The number of methoxy groups -OCH3 is 1. The molecule has 1 atom stereocenters. The number of hydrogen-bond acceptors (Lipinski definition) is 6. The van der Waals surface area contributed by atoms with Crippen LogP contribution in [0.1, 0.15) is 22.5 Å². The van der Waals surface area contributed by atoms with Crippen molar-refractivity contribution in [1.29, 1.82) is 0 Å². The Balaban J connectivity index is 1.51. The van der Waals surface area contributed by atoms with Crippen molar-refractivity contribution in [3.8, 4) is 5.88 Å². The molecule has 1 aliphatic rings. The van der Waals surface area contributed by atoms with Crippen molar-refractivity contribution in [1.82, 2.24) is 25.2 Å². The van der Waals surface area contributed by atoms with Crippen molar-refractivity contribution in [2.45, 2.75) is 19.0 Å². The average Bonchev–Trinajstić information content (AvgIpc) is 3.03. The van der Waals surface area contributed by atoms with Crippen molar-refractivity contribution in [2.24, 2.45) is 0 Å². The van der Waals surface area contributed by atoms with Gasteiger partial charge in [-0.25, -0.2) is 9.97 Å². The Labute approximate surface area is 134 Å². The van der Waals surface area contributed by atoms with Crippen molar-refractivity contribution >= 4 is 5.91 Å². The Bertz CT molecular complexity index is 647. The predicted molar refractivity (Wildman–Crippen MR) is 84.0 cm³/mol. The number of nitrogens with one attached hydrogen (secondary N) is 1. The Hall–Kier alpha value is -2.54. The van der Waals surface area contributed by atoms with Gasteiger partial charge in [-0.1, -0.05) is 6.07 Å². The number of likely N-dealkylation sites (tertiary alicyclic amines) is 1. The molecule has 0 unspecified atom stereocenters. The Kier molecular flexibility index (Phi) is 4.77. The summed E-state index contributed by atoms with van der Waals surface area (Å²) < 4.78 is 5.06. The van der Waals surface area contributed by atoms with E-state index in [2.05, 4.69) is 25.2 Å². The van der Waals surface area contributed by atoms with Crippen LogP contribution in [0.5, 0.6) is 5.88 Å². The lowest BCUT2D eigenvalue weighted by molar-refractivity contribution is 0.0932. The van der Waals surface area contributed by atoms with Gasteiger partial charge in [0.05, 0.1) is 13.3 Å². The van der Waals surface area contributed by atoms with Gasteiger partial charge in [-0.05, 0) is 12.0 Å². The summed E-state index contributed by atoms with van der Waals surface area (Å²) in [6.07, 6.45) is 7.30. The summed E-state index contributed by atoms with van der Waals surface area (Å²) >= 11 is 0. The molecule has 1 amide bonds. The van der Waals surface area contributed by atoms with Crippen molar-refractivity contribution in [3.05, 3.63) is 48.2 Å². The second-order valence-corrected chi connectivity index (χ2v) is 5.49. The van der Waals surface area contributed by atoms with E-state index in [4.69, 9.17) is 4.74 Å². The van der Waals surface area contributed by atoms with Gasteiger partial charge in [-0.2, -0.15) is 0 Å². The third kappa shape index (κ3) is 4.01. The highest BCUT2D eigenvalue weighted by Gasteiger charge is 2.24. The van der Waals surface area contributed by atoms with E-state index in [1.54, 1.807) is 13.3 Å². The van der Waals surface area contributed by atoms with Crippen LogP contribution in [0.2, 0.25) is 0 Å². The molecular formula is C16H19N5O2. The molecule has 0 saturated carbocycles. The smallest absolute Gasteiger partial charge is 0.271 e. The normalized spacial score (nSPS) is 17.9. The number of ether oxygens (including phenoxy) is 1. The molecular weight excluding hydrogens is 294 g/mol. The first kappa shape index (κ1) is 15.4. The Morgan fingerprint density at radius 3 is 2.96 bits per heavy atom. The third-order valence-corrected chi connectivity index (χ3v) is 3.82. The van der Waals surface area contributed by atoms with E-state index in [1.165, 1.54) is 12.4 Å². The molecule has 3 heterocycles. The highest BCUT2D eigenvalue weighted by atomic mass is 16.5. The van der Waals surface area contributed by atoms with E-state index < -0.39 is 0 Å². The summed E-state index contributed by atoms with van der Waals surface area (Å²) in [5.74, 6) is 0.445. The number of rotatable bonds is 5. The quantitative estimate of drug-likeness (QED) is 0.883. The molecule has 1 aliphatic heterocycles. The molecule has 2 aromatic rings. The second kappa shape index (κ2) is 7.15. The monoisotopic (exact) mass is 313 g/mol. The standard InChI is InChI=1S/C16H19N5O2/c1-23-15-3-2-12(8-19-15)10-21-7-4-13(11-21)20-16(22)14-9-17-5-6-18-14/h2-3,5-6,8-9,13H,4,7,10-11H2,1H3,(H,20,22)/t13-/m0/s1. The topological polar surface area (TPSA) is 80.2 Å². The van der Waals surface area contributed by atoms with Crippen molar-refractivity contribution in [3.63, 3.8) is 0 Å². The molecule has 7 nitrogen and oxygen atoms in total. The minimum Gasteiger partial charge on any atom is -0.481 e. The first-order chi connectivity index (χ1) is 11.2. The Morgan fingerprint density at radius 1 is 1.35 bits per heavy atom. The maximum Gasteiger partial charge on any atom is 0.271 e. The molecule has 1 N–H and O–H groups in total. The van der Waals surface area contributed by atoms with Crippen LogP contribution in [-0.4, -0.2) is 52.0 Å². The van der Waals surface area contributed by atoms with Gasteiger partial charge in [-0.3, -0.25) is 14.7 Å². The zero-order valence-corrected chi connectivity index (χ0v) is 13.0. The molecule has 0 aliphatic carbocycles. The molecule has 3 rings (SSSR count). The average molecular weight is 313 g/mol. The summed E-state index contributed by atoms with van der Waals surface area (Å²) in [6, 6.07) is 4.01. The van der Waals surface area contributed by atoms with Crippen LogP contribution < -0.4 is 10.1 Å². The highest BCUT2D eigenvalue weighted by Crippen LogP contribution is 2.15. The van der Waals surface area contributed by atoms with Crippen LogP contribution in [0, 0.1) is 0 Å². The first-order valence-electron chi connectivity index (χ1n) is 7.53. The Morgan fingerprint density at radius 2 is 2.26 bits per heavy atom. The van der Waals surface area contributed by atoms with Crippen LogP contribution in [0.15, 0.2) is 36.9 Å². The number of carbonyl (C=O) groups is 1. The van der Waals surface area contributed by atoms with Gasteiger partial charge >= 0.3 is 0 Å². The van der Waals surface area contributed by atoms with Gasteiger partial charge < -0.3 is 10.1 Å². The van der Waals surface area contributed by atoms with Crippen LogP contribution in [0.25, 0.3) is 0 Å². The van der Waals surface area contributed by atoms with E-state index in [-0.39, 0.29) is 11.9 Å². The number of pyridine rings is 1. The molecule has 0 spiro atoms. The fourth-order valence-corrected chi connectivity index (χ4v) is 2.65. The SMILES string of the molecule is COc1ccc(CN2CC[C@H](NC(=O)c3cnccn3)C2)cn1. The van der Waals surface area contributed by atoms with Crippen LogP contribution in [0.4, 0.5) is 0 Å². The summed E-state index contributed by atoms with van der Waals surface area (Å²) in [5.41, 5.74) is 1.48. The number of carbonyl (C=O) groups excluding carboxylic acids is 1. The molecule has 2 aromatic heterocycles. The second-order valence-electron chi connectivity index (χ2n) is 5.49. The minimum absolute atomic E-state index is 0.135. The zero-order valence-electron chi connectivity index (χ0n) is 13.0. The number of nitrogens with zero attached hydrogens (tertiary/aromatic N) is 4. The van der Waals surface area contributed by atoms with E-state index in [0.29, 0.717) is 11.6 Å². The van der Waals surface area contributed by atoms with E-state index >= 15 is 0 Å². The van der Waals surface area contributed by atoms with Crippen LogP contribution in [-0.2, 0) is 6.54 Å². The molecule has 120 valence electrons. The fourth-order valence-electron chi connectivity index (χ4n) is 2.65. The van der Waals surface area contributed by atoms with Gasteiger partial charge in [0.15, 0.2) is 0 Å².